The van der Waals surface area contributed by atoms with Crippen molar-refractivity contribution in [1.82, 2.24) is 24.7 Å². The fourth-order valence-electron chi connectivity index (χ4n) is 5.20. The molecular weight excluding hydrogens is 451 g/mol. The van der Waals surface area contributed by atoms with Crippen LogP contribution < -0.4 is 4.74 Å². The Balaban J connectivity index is 1.42. The number of methoxy groups -OCH3 is 1. The van der Waals surface area contributed by atoms with Crippen molar-refractivity contribution in [2.24, 2.45) is 0 Å². The predicted molar refractivity (Wildman–Crippen MR) is 115 cm³/mol. The Morgan fingerprint density at radius 2 is 1.71 bits per heavy atom. The van der Waals surface area contributed by atoms with E-state index in [9.17, 15) is 22.8 Å². The molecule has 0 saturated carbocycles. The molecule has 0 radical (unpaired) electrons. The maximum Gasteiger partial charge on any atom is 0.435 e. The molecule has 1 aromatic heterocycles. The van der Waals surface area contributed by atoms with E-state index in [1.165, 1.54) is 7.11 Å². The topological polar surface area (TPSA) is 70.9 Å². The summed E-state index contributed by atoms with van der Waals surface area (Å²) in [7, 11) is 1.50. The third-order valence-corrected chi connectivity index (χ3v) is 6.91. The second-order valence-corrected chi connectivity index (χ2v) is 8.84. The summed E-state index contributed by atoms with van der Waals surface area (Å²) in [5, 5.41) is 7.67. The number of nitrogens with zero attached hydrogens (tertiary/aromatic N) is 5. The van der Waals surface area contributed by atoms with Crippen LogP contribution in [0, 0.1) is 0 Å². The zero-order chi connectivity index (χ0) is 24.0. The van der Waals surface area contributed by atoms with Crippen LogP contribution in [0.15, 0.2) is 24.3 Å². The molecule has 0 bridgehead atoms. The zero-order valence-corrected chi connectivity index (χ0v) is 18.8. The van der Waals surface area contributed by atoms with E-state index in [-0.39, 0.29) is 36.2 Å². The van der Waals surface area contributed by atoms with Gasteiger partial charge in [0.2, 0.25) is 5.91 Å². The molecule has 2 amide bonds. The first-order chi connectivity index (χ1) is 16.3. The molecule has 8 nitrogen and oxygen atoms in total. The van der Waals surface area contributed by atoms with E-state index in [2.05, 4.69) is 5.10 Å². The van der Waals surface area contributed by atoms with Crippen LogP contribution in [0.4, 0.5) is 13.2 Å². The SMILES string of the molecule is COc1ccc(-n2nc(C(F)(F)F)c3c2C(=O)N(C2CCN(N4CCCC4=O)CC2)CC3)cc1. The highest BCUT2D eigenvalue weighted by molar-refractivity contribution is 5.96. The number of hydrogen-bond donors (Lipinski definition) is 0. The van der Waals surface area contributed by atoms with Gasteiger partial charge in [-0.2, -0.15) is 18.3 Å². The average molecular weight is 477 g/mol. The highest BCUT2D eigenvalue weighted by atomic mass is 19.4. The number of benzene rings is 1. The number of halogens is 3. The molecule has 3 aliphatic rings. The Labute approximate surface area is 194 Å². The van der Waals surface area contributed by atoms with Crippen molar-refractivity contribution >= 4 is 11.8 Å². The number of aromatic nitrogens is 2. The lowest BCUT2D eigenvalue weighted by Gasteiger charge is -2.42. The molecule has 3 aliphatic heterocycles. The molecule has 11 heteroatoms. The summed E-state index contributed by atoms with van der Waals surface area (Å²) < 4.78 is 47.5. The minimum absolute atomic E-state index is 0.0270. The van der Waals surface area contributed by atoms with Crippen LogP contribution in [0.3, 0.4) is 0 Å². The summed E-state index contributed by atoms with van der Waals surface area (Å²) in [5.41, 5.74) is -0.718. The van der Waals surface area contributed by atoms with Gasteiger partial charge in [0.15, 0.2) is 5.69 Å². The molecule has 2 saturated heterocycles. The maximum absolute atomic E-state index is 13.8. The van der Waals surface area contributed by atoms with Crippen LogP contribution in [-0.4, -0.2) is 75.8 Å². The highest BCUT2D eigenvalue weighted by Gasteiger charge is 2.44. The molecule has 2 fully saturated rings. The number of carbonyl (C=O) groups is 2. The first kappa shape index (κ1) is 22.7. The van der Waals surface area contributed by atoms with E-state index in [1.54, 1.807) is 34.2 Å². The number of amides is 2. The summed E-state index contributed by atoms with van der Waals surface area (Å²) in [6, 6.07) is 6.32. The van der Waals surface area contributed by atoms with E-state index in [4.69, 9.17) is 4.74 Å². The maximum atomic E-state index is 13.8. The molecule has 5 rings (SSSR count). The average Bonchev–Trinajstić information content (AvgIpc) is 3.44. The number of carbonyl (C=O) groups excluding carboxylic acids is 2. The standard InChI is InChI=1S/C23H26F3N5O3/c1-34-17-6-4-16(5-7-17)31-20-18(21(27-31)23(24,25)26)10-14-29(22(20)33)15-8-12-28(13-9-15)30-11-2-3-19(30)32/h4-7,15H,2-3,8-14H2,1H3. The number of piperidine rings is 1. The van der Waals surface area contributed by atoms with Crippen LogP contribution in [0.1, 0.15) is 47.4 Å². The first-order valence-electron chi connectivity index (χ1n) is 11.5. The van der Waals surface area contributed by atoms with Crippen molar-refractivity contribution in [3.05, 3.63) is 41.2 Å². The molecule has 182 valence electrons. The lowest BCUT2D eigenvalue weighted by Crippen LogP contribution is -2.54. The second kappa shape index (κ2) is 8.61. The molecule has 2 aromatic rings. The van der Waals surface area contributed by atoms with Gasteiger partial charge in [-0.05, 0) is 49.9 Å². The summed E-state index contributed by atoms with van der Waals surface area (Å²) in [5.74, 6) is 0.244. The molecule has 0 N–H and O–H groups in total. The third kappa shape index (κ3) is 3.91. The molecule has 34 heavy (non-hydrogen) atoms. The van der Waals surface area contributed by atoms with E-state index in [0.29, 0.717) is 43.8 Å². The summed E-state index contributed by atoms with van der Waals surface area (Å²) in [6.45, 7) is 2.21. The van der Waals surface area contributed by atoms with Crippen LogP contribution in [0.5, 0.6) is 5.75 Å². The van der Waals surface area contributed by atoms with Gasteiger partial charge in [-0.15, -0.1) is 0 Å². The third-order valence-electron chi connectivity index (χ3n) is 6.91. The Bertz CT molecular complexity index is 1090. The van der Waals surface area contributed by atoms with Gasteiger partial charge in [0.1, 0.15) is 11.4 Å². The lowest BCUT2D eigenvalue weighted by molar-refractivity contribution is -0.146. The van der Waals surface area contributed by atoms with Gasteiger partial charge in [-0.1, -0.05) is 0 Å². The number of ether oxygens (including phenoxy) is 1. The van der Waals surface area contributed by atoms with Gasteiger partial charge in [0, 0.05) is 44.2 Å². The minimum Gasteiger partial charge on any atom is -0.497 e. The fourth-order valence-corrected chi connectivity index (χ4v) is 5.20. The largest absolute Gasteiger partial charge is 0.497 e. The van der Waals surface area contributed by atoms with E-state index >= 15 is 0 Å². The van der Waals surface area contributed by atoms with Crippen molar-refractivity contribution in [3.8, 4) is 11.4 Å². The fraction of sp³-hybridized carbons (Fsp3) is 0.522. The number of fused-ring (bicyclic) bond motifs is 1. The van der Waals surface area contributed by atoms with E-state index in [1.807, 2.05) is 5.01 Å². The van der Waals surface area contributed by atoms with E-state index in [0.717, 1.165) is 17.6 Å². The smallest absolute Gasteiger partial charge is 0.435 e. The number of hydrazine groups is 1. The summed E-state index contributed by atoms with van der Waals surface area (Å²) in [4.78, 5) is 27.3. The van der Waals surface area contributed by atoms with Crippen LogP contribution in [0.25, 0.3) is 5.69 Å². The van der Waals surface area contributed by atoms with Gasteiger partial charge in [-0.3, -0.25) is 14.6 Å². The second-order valence-electron chi connectivity index (χ2n) is 8.84. The highest BCUT2D eigenvalue weighted by Crippen LogP contribution is 2.37. The zero-order valence-electron chi connectivity index (χ0n) is 18.8. The van der Waals surface area contributed by atoms with Gasteiger partial charge in [-0.25, -0.2) is 9.69 Å². The van der Waals surface area contributed by atoms with E-state index < -0.39 is 17.8 Å². The monoisotopic (exact) mass is 477 g/mol. The van der Waals surface area contributed by atoms with Crippen LogP contribution in [-0.2, 0) is 17.4 Å². The normalized spacial score (nSPS) is 20.2. The van der Waals surface area contributed by atoms with Crippen molar-refractivity contribution in [2.45, 2.75) is 44.3 Å². The minimum atomic E-state index is -4.65. The van der Waals surface area contributed by atoms with Crippen molar-refractivity contribution in [3.63, 3.8) is 0 Å². The Morgan fingerprint density at radius 3 is 2.29 bits per heavy atom. The molecule has 0 atom stereocenters. The van der Waals surface area contributed by atoms with Gasteiger partial charge < -0.3 is 9.64 Å². The Hall–Kier alpha value is -3.08. The summed E-state index contributed by atoms with van der Waals surface area (Å²) in [6.07, 6.45) is -1.83. The number of rotatable bonds is 4. The molecule has 4 heterocycles. The Morgan fingerprint density at radius 1 is 1.00 bits per heavy atom. The van der Waals surface area contributed by atoms with Crippen LogP contribution >= 0.6 is 0 Å². The first-order valence-corrected chi connectivity index (χ1v) is 11.5. The van der Waals surface area contributed by atoms with Crippen molar-refractivity contribution in [1.29, 1.82) is 0 Å². The van der Waals surface area contributed by atoms with Crippen molar-refractivity contribution in [2.75, 3.05) is 33.3 Å². The number of hydrogen-bond acceptors (Lipinski definition) is 5. The molecular formula is C23H26F3N5O3. The van der Waals surface area contributed by atoms with Crippen molar-refractivity contribution < 1.29 is 27.5 Å². The van der Waals surface area contributed by atoms with Gasteiger partial charge >= 0.3 is 6.18 Å². The van der Waals surface area contributed by atoms with Crippen LogP contribution in [0.2, 0.25) is 0 Å². The Kier molecular flexibility index (Phi) is 5.75. The quantitative estimate of drug-likeness (QED) is 0.678. The summed E-state index contributed by atoms with van der Waals surface area (Å²) >= 11 is 0. The van der Waals surface area contributed by atoms with Gasteiger partial charge in [0.25, 0.3) is 5.91 Å². The predicted octanol–water partition coefficient (Wildman–Crippen LogP) is 2.90. The van der Waals surface area contributed by atoms with Gasteiger partial charge in [0.05, 0.1) is 12.8 Å². The molecule has 0 aliphatic carbocycles. The molecule has 0 spiro atoms. The lowest BCUT2D eigenvalue weighted by atomic mass is 9.97. The molecule has 1 aromatic carbocycles. The molecule has 0 unspecified atom stereocenters. The number of alkyl halides is 3.